The van der Waals surface area contributed by atoms with E-state index < -0.39 is 6.61 Å². The molecule has 0 amide bonds. The molecule has 0 saturated carbocycles. The van der Waals surface area contributed by atoms with Gasteiger partial charge in [-0.25, -0.2) is 0 Å². The van der Waals surface area contributed by atoms with E-state index in [0.29, 0.717) is 22.5 Å². The largest absolute Gasteiger partial charge is 0.433 e. The topological polar surface area (TPSA) is 75.7 Å². The Hall–Kier alpha value is -2.48. The molecule has 21 heavy (non-hydrogen) atoms. The van der Waals surface area contributed by atoms with Gasteiger partial charge in [0.05, 0.1) is 17.3 Å². The van der Waals surface area contributed by atoms with Crippen molar-refractivity contribution in [3.05, 3.63) is 35.7 Å². The Kier molecular flexibility index (Phi) is 3.53. The minimum atomic E-state index is -2.92. The monoisotopic (exact) mass is 311 g/mol. The first-order valence-electron chi connectivity index (χ1n) is 5.81. The maximum Gasteiger partial charge on any atom is 0.387 e. The van der Waals surface area contributed by atoms with E-state index in [9.17, 15) is 8.78 Å². The fraction of sp³-hybridized carbons (Fsp3) is 0.0833. The molecule has 3 rings (SSSR count). The van der Waals surface area contributed by atoms with Crippen LogP contribution in [0.25, 0.3) is 11.0 Å². The second-order valence-corrected chi connectivity index (χ2v) is 4.31. The second-order valence-electron chi connectivity index (χ2n) is 3.97. The summed E-state index contributed by atoms with van der Waals surface area (Å²) < 4.78 is 29.2. The van der Waals surface area contributed by atoms with Gasteiger partial charge in [-0.15, -0.1) is 0 Å². The number of ether oxygens (including phenoxy) is 1. The van der Waals surface area contributed by atoms with Crippen LogP contribution in [0.1, 0.15) is 0 Å². The Morgan fingerprint density at radius 1 is 1.24 bits per heavy atom. The van der Waals surface area contributed by atoms with Crippen LogP contribution < -0.4 is 10.1 Å². The number of halogens is 3. The van der Waals surface area contributed by atoms with Crippen LogP contribution in [0.15, 0.2) is 30.5 Å². The number of benzene rings is 1. The molecule has 3 aromatic rings. The molecule has 0 unspecified atom stereocenters. The molecule has 0 aliphatic rings. The van der Waals surface area contributed by atoms with Gasteiger partial charge in [0.2, 0.25) is 5.28 Å². The third kappa shape index (κ3) is 2.84. The number of hydrogen-bond acceptors (Lipinski definition) is 5. The lowest BCUT2D eigenvalue weighted by molar-refractivity contribution is -0.0493. The van der Waals surface area contributed by atoms with Crippen LogP contribution in [0.3, 0.4) is 0 Å². The van der Waals surface area contributed by atoms with E-state index in [0.717, 1.165) is 0 Å². The van der Waals surface area contributed by atoms with Gasteiger partial charge in [-0.05, 0) is 23.7 Å². The van der Waals surface area contributed by atoms with Gasteiger partial charge in [0.1, 0.15) is 11.6 Å². The van der Waals surface area contributed by atoms with Gasteiger partial charge in [-0.3, -0.25) is 5.10 Å². The molecule has 0 bridgehead atoms. The maximum atomic E-state index is 12.4. The standard InChI is InChI=1S/C12H8ClF2N5O/c13-11-18-9(6-5-16-20-10(6)19-11)17-7-3-1-2-4-8(7)21-12(14)15/h1-5,12H,(H2,16,17,18,19,20). The lowest BCUT2D eigenvalue weighted by Crippen LogP contribution is -2.05. The molecule has 2 N–H and O–H groups in total. The van der Waals surface area contributed by atoms with Crippen molar-refractivity contribution in [3.63, 3.8) is 0 Å². The SMILES string of the molecule is FC(F)Oc1ccccc1Nc1nc(Cl)nc2[nH]ncc12. The molecule has 0 saturated heterocycles. The number of aromatic amines is 1. The summed E-state index contributed by atoms with van der Waals surface area (Å²) in [6, 6.07) is 6.27. The minimum Gasteiger partial charge on any atom is -0.433 e. The highest BCUT2D eigenvalue weighted by molar-refractivity contribution is 6.28. The van der Waals surface area contributed by atoms with E-state index in [1.54, 1.807) is 18.2 Å². The number of aromatic nitrogens is 4. The third-order valence-electron chi connectivity index (χ3n) is 2.64. The van der Waals surface area contributed by atoms with Gasteiger partial charge >= 0.3 is 6.61 Å². The number of rotatable bonds is 4. The normalized spacial score (nSPS) is 11.0. The number of hydrogen-bond donors (Lipinski definition) is 2. The molecule has 0 atom stereocenters. The van der Waals surface area contributed by atoms with Crippen molar-refractivity contribution in [1.29, 1.82) is 0 Å². The fourth-order valence-electron chi connectivity index (χ4n) is 1.80. The van der Waals surface area contributed by atoms with Crippen molar-refractivity contribution in [2.24, 2.45) is 0 Å². The van der Waals surface area contributed by atoms with E-state index in [1.807, 2.05) is 0 Å². The van der Waals surface area contributed by atoms with Crippen LogP contribution in [0, 0.1) is 0 Å². The number of nitrogens with one attached hydrogen (secondary N) is 2. The van der Waals surface area contributed by atoms with Crippen molar-refractivity contribution in [1.82, 2.24) is 20.2 Å². The van der Waals surface area contributed by atoms with E-state index in [-0.39, 0.29) is 11.0 Å². The zero-order valence-corrected chi connectivity index (χ0v) is 11.1. The average Bonchev–Trinajstić information content (AvgIpc) is 2.88. The van der Waals surface area contributed by atoms with Crippen molar-refractivity contribution in [2.45, 2.75) is 6.61 Å². The van der Waals surface area contributed by atoms with Gasteiger partial charge in [0.15, 0.2) is 5.65 Å². The van der Waals surface area contributed by atoms with E-state index >= 15 is 0 Å². The number of fused-ring (bicyclic) bond motifs is 1. The van der Waals surface area contributed by atoms with E-state index in [2.05, 4.69) is 30.2 Å². The van der Waals surface area contributed by atoms with E-state index in [4.69, 9.17) is 11.6 Å². The van der Waals surface area contributed by atoms with Gasteiger partial charge in [-0.2, -0.15) is 23.8 Å². The Morgan fingerprint density at radius 2 is 2.05 bits per heavy atom. The molecule has 0 spiro atoms. The summed E-state index contributed by atoms with van der Waals surface area (Å²) in [7, 11) is 0. The first kappa shape index (κ1) is 13.5. The van der Waals surface area contributed by atoms with Gasteiger partial charge < -0.3 is 10.1 Å². The number of para-hydroxylation sites is 2. The van der Waals surface area contributed by atoms with Crippen molar-refractivity contribution >= 4 is 34.1 Å². The molecule has 1 aromatic carbocycles. The molecule has 2 heterocycles. The number of anilines is 2. The average molecular weight is 312 g/mol. The summed E-state index contributed by atoms with van der Waals surface area (Å²) >= 11 is 5.81. The van der Waals surface area contributed by atoms with Crippen LogP contribution in [0.2, 0.25) is 5.28 Å². The van der Waals surface area contributed by atoms with E-state index in [1.165, 1.54) is 12.3 Å². The van der Waals surface area contributed by atoms with Gasteiger partial charge in [0.25, 0.3) is 0 Å². The summed E-state index contributed by atoms with van der Waals surface area (Å²) in [5, 5.41) is 9.97. The first-order chi connectivity index (χ1) is 10.1. The summed E-state index contributed by atoms with van der Waals surface area (Å²) in [4.78, 5) is 7.98. The molecular weight excluding hydrogens is 304 g/mol. The first-order valence-corrected chi connectivity index (χ1v) is 6.19. The Bertz CT molecular complexity index is 779. The lowest BCUT2D eigenvalue weighted by atomic mass is 10.3. The zero-order valence-electron chi connectivity index (χ0n) is 10.3. The highest BCUT2D eigenvalue weighted by atomic mass is 35.5. The molecule has 0 radical (unpaired) electrons. The van der Waals surface area contributed by atoms with Crippen LogP contribution in [-0.2, 0) is 0 Å². The number of nitrogens with zero attached hydrogens (tertiary/aromatic N) is 3. The molecule has 6 nitrogen and oxygen atoms in total. The van der Waals surface area contributed by atoms with Crippen LogP contribution >= 0.6 is 11.6 Å². The minimum absolute atomic E-state index is 0.00104. The summed E-state index contributed by atoms with van der Waals surface area (Å²) in [6.07, 6.45) is 1.50. The maximum absolute atomic E-state index is 12.4. The molecule has 9 heteroatoms. The summed E-state index contributed by atoms with van der Waals surface area (Å²) in [5.41, 5.74) is 0.764. The Balaban J connectivity index is 2.01. The van der Waals surface area contributed by atoms with Crippen molar-refractivity contribution in [3.8, 4) is 5.75 Å². The fourth-order valence-corrected chi connectivity index (χ4v) is 1.97. The summed E-state index contributed by atoms with van der Waals surface area (Å²) in [5.74, 6) is 0.336. The molecule has 0 aliphatic carbocycles. The molecule has 0 aliphatic heterocycles. The predicted octanol–water partition coefficient (Wildman–Crippen LogP) is 3.35. The quantitative estimate of drug-likeness (QED) is 0.723. The Labute approximate surface area is 122 Å². The van der Waals surface area contributed by atoms with Crippen LogP contribution in [0.4, 0.5) is 20.3 Å². The highest BCUT2D eigenvalue weighted by Gasteiger charge is 2.13. The van der Waals surface area contributed by atoms with Crippen LogP contribution in [0.5, 0.6) is 5.75 Å². The smallest absolute Gasteiger partial charge is 0.387 e. The Morgan fingerprint density at radius 3 is 2.86 bits per heavy atom. The molecule has 108 valence electrons. The molecule has 2 aromatic heterocycles. The predicted molar refractivity (Wildman–Crippen MR) is 73.1 cm³/mol. The molecular formula is C12H8ClF2N5O. The van der Waals surface area contributed by atoms with Gasteiger partial charge in [0, 0.05) is 0 Å². The van der Waals surface area contributed by atoms with Crippen molar-refractivity contribution in [2.75, 3.05) is 5.32 Å². The highest BCUT2D eigenvalue weighted by Crippen LogP contribution is 2.30. The number of alkyl halides is 2. The van der Waals surface area contributed by atoms with Crippen LogP contribution in [-0.4, -0.2) is 26.8 Å². The number of H-pyrrole nitrogens is 1. The third-order valence-corrected chi connectivity index (χ3v) is 2.81. The molecule has 0 fully saturated rings. The lowest BCUT2D eigenvalue weighted by Gasteiger charge is -2.12. The second kappa shape index (κ2) is 5.49. The van der Waals surface area contributed by atoms with Crippen molar-refractivity contribution < 1.29 is 13.5 Å². The zero-order chi connectivity index (χ0) is 14.8. The van der Waals surface area contributed by atoms with Gasteiger partial charge in [-0.1, -0.05) is 12.1 Å². The summed E-state index contributed by atoms with van der Waals surface area (Å²) in [6.45, 7) is -2.92.